The van der Waals surface area contributed by atoms with Crippen LogP contribution in [0.1, 0.15) is 15.5 Å². The van der Waals surface area contributed by atoms with Crippen LogP contribution < -0.4 is 10.1 Å². The molecule has 144 valence electrons. The molecule has 0 aliphatic carbocycles. The van der Waals surface area contributed by atoms with Gasteiger partial charge in [-0.05, 0) is 31.2 Å². The zero-order valence-corrected chi connectivity index (χ0v) is 17.2. The molecule has 1 amide bonds. The largest absolute Gasteiger partial charge is 0.497 e. The standard InChI is InChI=1S/C20H15N5O2S2/c1-11-9-17(23-18(26)19-21-13-5-3-4-6-15(13)28-19)25(24-11)20-22-14-10-12(27-2)7-8-16(14)29-20/h3-10H,1-2H3,(H,23,26). The molecule has 29 heavy (non-hydrogen) atoms. The maximum atomic E-state index is 12.8. The van der Waals surface area contributed by atoms with Crippen LogP contribution in [0.5, 0.6) is 5.75 Å². The lowest BCUT2D eigenvalue weighted by molar-refractivity contribution is 0.102. The first-order chi connectivity index (χ1) is 14.1. The maximum Gasteiger partial charge on any atom is 0.285 e. The van der Waals surface area contributed by atoms with Crippen molar-refractivity contribution >= 4 is 54.8 Å². The van der Waals surface area contributed by atoms with Crippen LogP contribution in [-0.2, 0) is 0 Å². The number of nitrogens with one attached hydrogen (secondary N) is 1. The molecule has 0 spiro atoms. The quantitative estimate of drug-likeness (QED) is 0.456. The summed E-state index contributed by atoms with van der Waals surface area (Å²) < 4.78 is 8.91. The summed E-state index contributed by atoms with van der Waals surface area (Å²) in [6, 6.07) is 15.2. The Labute approximate surface area is 173 Å². The van der Waals surface area contributed by atoms with Crippen LogP contribution in [0.25, 0.3) is 25.6 Å². The van der Waals surface area contributed by atoms with Gasteiger partial charge in [-0.2, -0.15) is 9.78 Å². The summed E-state index contributed by atoms with van der Waals surface area (Å²) in [5.41, 5.74) is 2.41. The third-order valence-corrected chi connectivity index (χ3v) is 6.37. The van der Waals surface area contributed by atoms with E-state index in [1.165, 1.54) is 22.7 Å². The van der Waals surface area contributed by atoms with Gasteiger partial charge in [-0.3, -0.25) is 4.79 Å². The number of hydrogen-bond acceptors (Lipinski definition) is 7. The number of anilines is 1. The first kappa shape index (κ1) is 17.8. The summed E-state index contributed by atoms with van der Waals surface area (Å²) in [6.07, 6.45) is 0. The highest BCUT2D eigenvalue weighted by Gasteiger charge is 2.18. The fourth-order valence-corrected chi connectivity index (χ4v) is 4.76. The summed E-state index contributed by atoms with van der Waals surface area (Å²) in [5, 5.41) is 8.51. The molecule has 9 heteroatoms. The van der Waals surface area contributed by atoms with Gasteiger partial charge in [-0.1, -0.05) is 23.5 Å². The number of nitrogens with zero attached hydrogens (tertiary/aromatic N) is 4. The van der Waals surface area contributed by atoms with Crippen molar-refractivity contribution in [2.75, 3.05) is 12.4 Å². The highest BCUT2D eigenvalue weighted by Crippen LogP contribution is 2.30. The lowest BCUT2D eigenvalue weighted by atomic mass is 10.3. The number of fused-ring (bicyclic) bond motifs is 2. The summed E-state index contributed by atoms with van der Waals surface area (Å²) >= 11 is 2.85. The summed E-state index contributed by atoms with van der Waals surface area (Å²) in [4.78, 5) is 21.9. The number of para-hydroxylation sites is 1. The SMILES string of the molecule is COc1ccc2sc(-n3nc(C)cc3NC(=O)c3nc4ccccc4s3)nc2c1. The van der Waals surface area contributed by atoms with E-state index in [9.17, 15) is 4.79 Å². The molecule has 3 heterocycles. The normalized spacial score (nSPS) is 11.2. The zero-order valence-electron chi connectivity index (χ0n) is 15.5. The monoisotopic (exact) mass is 421 g/mol. The first-order valence-corrected chi connectivity index (χ1v) is 10.4. The molecule has 7 nitrogen and oxygen atoms in total. The molecule has 0 unspecified atom stereocenters. The van der Waals surface area contributed by atoms with E-state index in [2.05, 4.69) is 20.4 Å². The number of carbonyl (C=O) groups excluding carboxylic acids is 1. The van der Waals surface area contributed by atoms with Gasteiger partial charge in [0.25, 0.3) is 5.91 Å². The minimum atomic E-state index is -0.268. The Balaban J connectivity index is 1.50. The second-order valence-corrected chi connectivity index (χ2v) is 8.39. The van der Waals surface area contributed by atoms with Gasteiger partial charge in [0.05, 0.1) is 33.2 Å². The van der Waals surface area contributed by atoms with Crippen molar-refractivity contribution in [1.29, 1.82) is 0 Å². The van der Waals surface area contributed by atoms with Crippen molar-refractivity contribution in [2.24, 2.45) is 0 Å². The molecule has 0 saturated carbocycles. The van der Waals surface area contributed by atoms with Crippen LogP contribution in [0.15, 0.2) is 48.5 Å². The number of aryl methyl sites for hydroxylation is 1. The lowest BCUT2D eigenvalue weighted by Gasteiger charge is -2.04. The fourth-order valence-electron chi connectivity index (χ4n) is 2.99. The van der Waals surface area contributed by atoms with Crippen molar-refractivity contribution < 1.29 is 9.53 Å². The molecule has 0 saturated heterocycles. The molecular formula is C20H15N5O2S2. The second kappa shape index (κ2) is 6.94. The zero-order chi connectivity index (χ0) is 20.0. The Kier molecular flexibility index (Phi) is 4.26. The topological polar surface area (TPSA) is 81.9 Å². The Bertz CT molecular complexity index is 1330. The third-order valence-electron chi connectivity index (χ3n) is 4.33. The van der Waals surface area contributed by atoms with E-state index in [4.69, 9.17) is 4.74 Å². The predicted octanol–water partition coefficient (Wildman–Crippen LogP) is 4.66. The van der Waals surface area contributed by atoms with Crippen LogP contribution >= 0.6 is 22.7 Å². The lowest BCUT2D eigenvalue weighted by Crippen LogP contribution is -2.14. The molecule has 0 radical (unpaired) electrons. The maximum absolute atomic E-state index is 12.8. The van der Waals surface area contributed by atoms with Crippen molar-refractivity contribution in [3.05, 3.63) is 59.2 Å². The van der Waals surface area contributed by atoms with E-state index in [0.29, 0.717) is 16.0 Å². The van der Waals surface area contributed by atoms with E-state index >= 15 is 0 Å². The van der Waals surface area contributed by atoms with Crippen LogP contribution in [-0.4, -0.2) is 32.8 Å². The van der Waals surface area contributed by atoms with E-state index in [1.807, 2.05) is 55.5 Å². The molecule has 3 aromatic heterocycles. The van der Waals surface area contributed by atoms with E-state index in [0.717, 1.165) is 31.9 Å². The number of methoxy groups -OCH3 is 1. The van der Waals surface area contributed by atoms with E-state index in [1.54, 1.807) is 11.8 Å². The summed E-state index contributed by atoms with van der Waals surface area (Å²) in [5.74, 6) is 1.03. The molecule has 1 N–H and O–H groups in total. The van der Waals surface area contributed by atoms with Crippen LogP contribution in [0.3, 0.4) is 0 Å². The number of rotatable bonds is 4. The number of hydrogen-bond donors (Lipinski definition) is 1. The Morgan fingerprint density at radius 1 is 1.03 bits per heavy atom. The number of amides is 1. The summed E-state index contributed by atoms with van der Waals surface area (Å²) in [7, 11) is 1.63. The Hall–Kier alpha value is -3.30. The van der Waals surface area contributed by atoms with Crippen LogP contribution in [0.4, 0.5) is 5.82 Å². The smallest absolute Gasteiger partial charge is 0.285 e. The molecule has 0 aliphatic heterocycles. The van der Waals surface area contributed by atoms with Crippen molar-refractivity contribution in [2.45, 2.75) is 6.92 Å². The molecule has 5 rings (SSSR count). The average molecular weight is 422 g/mol. The van der Waals surface area contributed by atoms with E-state index < -0.39 is 0 Å². The molecule has 0 fully saturated rings. The van der Waals surface area contributed by atoms with Gasteiger partial charge in [-0.15, -0.1) is 11.3 Å². The van der Waals surface area contributed by atoms with Gasteiger partial charge in [0.1, 0.15) is 11.6 Å². The molecule has 0 bridgehead atoms. The first-order valence-electron chi connectivity index (χ1n) is 8.79. The number of ether oxygens (including phenoxy) is 1. The van der Waals surface area contributed by atoms with Crippen molar-refractivity contribution in [3.8, 4) is 10.9 Å². The molecule has 2 aromatic carbocycles. The molecule has 0 aliphatic rings. The third kappa shape index (κ3) is 3.24. The van der Waals surface area contributed by atoms with E-state index in [-0.39, 0.29) is 5.91 Å². The Morgan fingerprint density at radius 3 is 2.69 bits per heavy atom. The predicted molar refractivity (Wildman–Crippen MR) is 116 cm³/mol. The second-order valence-electron chi connectivity index (χ2n) is 6.35. The van der Waals surface area contributed by atoms with Gasteiger partial charge in [0.15, 0.2) is 5.01 Å². The van der Waals surface area contributed by atoms with Gasteiger partial charge in [0.2, 0.25) is 5.13 Å². The number of carbonyl (C=O) groups is 1. The average Bonchev–Trinajstić information content (AvgIpc) is 3.42. The van der Waals surface area contributed by atoms with Gasteiger partial charge in [0, 0.05) is 12.1 Å². The van der Waals surface area contributed by atoms with Gasteiger partial charge in [-0.25, -0.2) is 9.97 Å². The fraction of sp³-hybridized carbons (Fsp3) is 0.100. The van der Waals surface area contributed by atoms with Crippen LogP contribution in [0.2, 0.25) is 0 Å². The minimum absolute atomic E-state index is 0.268. The molecule has 5 aromatic rings. The van der Waals surface area contributed by atoms with Gasteiger partial charge >= 0.3 is 0 Å². The summed E-state index contributed by atoms with van der Waals surface area (Å²) in [6.45, 7) is 1.88. The highest BCUT2D eigenvalue weighted by molar-refractivity contribution is 7.21. The van der Waals surface area contributed by atoms with Crippen molar-refractivity contribution in [3.63, 3.8) is 0 Å². The van der Waals surface area contributed by atoms with Crippen molar-refractivity contribution in [1.82, 2.24) is 19.7 Å². The number of thiazole rings is 2. The highest BCUT2D eigenvalue weighted by atomic mass is 32.1. The molecular weight excluding hydrogens is 406 g/mol. The number of aromatic nitrogens is 4. The molecule has 0 atom stereocenters. The van der Waals surface area contributed by atoms with Gasteiger partial charge < -0.3 is 10.1 Å². The number of benzene rings is 2. The van der Waals surface area contributed by atoms with Crippen LogP contribution in [0, 0.1) is 6.92 Å². The Morgan fingerprint density at radius 2 is 1.86 bits per heavy atom. The minimum Gasteiger partial charge on any atom is -0.497 e.